The van der Waals surface area contributed by atoms with E-state index in [9.17, 15) is 0 Å². The van der Waals surface area contributed by atoms with Crippen LogP contribution in [0.25, 0.3) is 0 Å². The molecule has 0 fully saturated rings. The fourth-order valence-corrected chi connectivity index (χ4v) is 4.17. The van der Waals surface area contributed by atoms with Gasteiger partial charge in [-0.15, -0.1) is 0 Å². The Kier molecular flexibility index (Phi) is 21.6. The number of aliphatic hydroxyl groups excluding tert-OH is 1. The predicted octanol–water partition coefficient (Wildman–Crippen LogP) is 7.61. The van der Waals surface area contributed by atoms with Crippen LogP contribution < -0.4 is 0 Å². The van der Waals surface area contributed by atoms with Crippen molar-refractivity contribution in [1.82, 2.24) is 0 Å². The molecule has 0 aromatic heterocycles. The molecule has 0 aromatic carbocycles. The number of rotatable bonds is 20. The molecule has 1 nitrogen and oxygen atoms in total. The first kappa shape index (κ1) is 24.3. The van der Waals surface area contributed by atoms with Crippen molar-refractivity contribution in [3.05, 3.63) is 0 Å². The van der Waals surface area contributed by atoms with Gasteiger partial charge in [0.05, 0.1) is 0 Å². The zero-order valence-electron chi connectivity index (χ0n) is 16.9. The van der Waals surface area contributed by atoms with Gasteiger partial charge >= 0.3 is 0 Å². The predicted molar refractivity (Wildman–Crippen MR) is 113 cm³/mol. The number of aliphatic hydroxyl groups is 1. The van der Waals surface area contributed by atoms with Crippen LogP contribution in [0.15, 0.2) is 0 Å². The highest BCUT2D eigenvalue weighted by molar-refractivity contribution is 7.99. The van der Waals surface area contributed by atoms with Crippen molar-refractivity contribution in [2.45, 2.75) is 117 Å². The Morgan fingerprint density at radius 2 is 1.00 bits per heavy atom. The monoisotopic (exact) mass is 358 g/mol. The van der Waals surface area contributed by atoms with Crippen LogP contribution in [0.1, 0.15) is 117 Å². The van der Waals surface area contributed by atoms with Gasteiger partial charge in [0.2, 0.25) is 0 Å². The summed E-state index contributed by atoms with van der Waals surface area (Å²) in [4.78, 5) is 0. The highest BCUT2D eigenvalue weighted by Crippen LogP contribution is 2.15. The molecule has 0 aliphatic rings. The third-order valence-corrected chi connectivity index (χ3v) is 6.24. The maximum Gasteiger partial charge on any atom is 0.0464 e. The van der Waals surface area contributed by atoms with Gasteiger partial charge in [0.25, 0.3) is 0 Å². The molecule has 0 bridgehead atoms. The summed E-state index contributed by atoms with van der Waals surface area (Å²) in [7, 11) is 0. The van der Waals surface area contributed by atoms with Crippen LogP contribution in [0, 0.1) is 5.92 Å². The largest absolute Gasteiger partial charge is 0.396 e. The Hall–Kier alpha value is 0.310. The zero-order chi connectivity index (χ0) is 17.7. The summed E-state index contributed by atoms with van der Waals surface area (Å²) in [6.45, 7) is 4.76. The van der Waals surface area contributed by atoms with Crippen LogP contribution in [0.5, 0.6) is 0 Å². The molecule has 0 rings (SSSR count). The van der Waals surface area contributed by atoms with Crippen molar-refractivity contribution >= 4 is 11.8 Å². The minimum absolute atomic E-state index is 0.339. The van der Waals surface area contributed by atoms with Gasteiger partial charge in [-0.05, 0) is 23.8 Å². The molecule has 0 aliphatic heterocycles. The van der Waals surface area contributed by atoms with Gasteiger partial charge in [-0.25, -0.2) is 0 Å². The molecule has 0 spiro atoms. The van der Waals surface area contributed by atoms with Crippen LogP contribution in [0.3, 0.4) is 0 Å². The lowest BCUT2D eigenvalue weighted by atomic mass is 10.0. The van der Waals surface area contributed by atoms with E-state index in [2.05, 4.69) is 13.8 Å². The van der Waals surface area contributed by atoms with E-state index in [0.717, 1.165) is 5.75 Å². The average Bonchev–Trinajstić information content (AvgIpc) is 2.60. The second-order valence-corrected chi connectivity index (χ2v) is 8.82. The van der Waals surface area contributed by atoms with Gasteiger partial charge in [-0.3, -0.25) is 0 Å². The van der Waals surface area contributed by atoms with Gasteiger partial charge in [-0.1, -0.05) is 110 Å². The number of hydrogen-bond donors (Lipinski definition) is 1. The highest BCUT2D eigenvalue weighted by atomic mass is 32.2. The quantitative estimate of drug-likeness (QED) is 0.226. The molecular weight excluding hydrogens is 312 g/mol. The molecule has 1 unspecified atom stereocenters. The molecule has 0 amide bonds. The van der Waals surface area contributed by atoms with E-state index in [1.54, 1.807) is 0 Å². The minimum Gasteiger partial charge on any atom is -0.396 e. The van der Waals surface area contributed by atoms with E-state index in [1.807, 2.05) is 11.8 Å². The Morgan fingerprint density at radius 3 is 1.38 bits per heavy atom. The van der Waals surface area contributed by atoms with Crippen molar-refractivity contribution in [3.8, 4) is 0 Å². The summed E-state index contributed by atoms with van der Waals surface area (Å²) >= 11 is 2.01. The lowest BCUT2D eigenvalue weighted by Gasteiger charge is -2.07. The molecule has 1 N–H and O–H groups in total. The molecule has 0 heterocycles. The van der Waals surface area contributed by atoms with Crippen molar-refractivity contribution < 1.29 is 5.11 Å². The van der Waals surface area contributed by atoms with Crippen molar-refractivity contribution in [2.75, 3.05) is 18.1 Å². The molecule has 2 heteroatoms. The minimum atomic E-state index is 0.339. The Labute approximate surface area is 157 Å². The highest BCUT2D eigenvalue weighted by Gasteiger charge is 1.99. The molecule has 0 saturated heterocycles. The Balaban J connectivity index is 2.98. The van der Waals surface area contributed by atoms with E-state index in [4.69, 9.17) is 5.11 Å². The molecular formula is C22H46OS. The molecule has 0 saturated carbocycles. The van der Waals surface area contributed by atoms with Crippen molar-refractivity contribution in [2.24, 2.45) is 5.92 Å². The van der Waals surface area contributed by atoms with Gasteiger partial charge in [0.1, 0.15) is 0 Å². The second kappa shape index (κ2) is 21.4. The van der Waals surface area contributed by atoms with Gasteiger partial charge < -0.3 is 5.11 Å². The number of hydrogen-bond acceptors (Lipinski definition) is 2. The second-order valence-electron chi connectivity index (χ2n) is 7.67. The fraction of sp³-hybridized carbons (Fsp3) is 1.00. The topological polar surface area (TPSA) is 20.2 Å². The van der Waals surface area contributed by atoms with Crippen LogP contribution in [-0.2, 0) is 0 Å². The molecule has 0 aliphatic carbocycles. The van der Waals surface area contributed by atoms with Crippen LogP contribution in [-0.4, -0.2) is 23.2 Å². The first-order valence-electron chi connectivity index (χ1n) is 11.0. The number of thioether (sulfide) groups is 1. The maximum absolute atomic E-state index is 8.96. The summed E-state index contributed by atoms with van der Waals surface area (Å²) in [6.07, 6.45) is 23.1. The standard InChI is InChI=1S/C22H46OS/c1-3-4-5-6-7-8-9-10-11-12-13-14-15-16-17-18-19-24-21-22(2)20-23/h22-23H,3-21H2,1-2H3. The fourth-order valence-electron chi connectivity index (χ4n) is 3.09. The number of unbranched alkanes of at least 4 members (excludes halogenated alkanes) is 15. The van der Waals surface area contributed by atoms with E-state index in [0.29, 0.717) is 12.5 Å². The summed E-state index contributed by atoms with van der Waals surface area (Å²) in [5, 5.41) is 8.96. The molecule has 1 atom stereocenters. The van der Waals surface area contributed by atoms with Crippen molar-refractivity contribution in [3.63, 3.8) is 0 Å². The summed E-state index contributed by atoms with van der Waals surface area (Å²) in [6, 6.07) is 0. The van der Waals surface area contributed by atoms with Crippen LogP contribution in [0.4, 0.5) is 0 Å². The van der Waals surface area contributed by atoms with Crippen LogP contribution in [0.2, 0.25) is 0 Å². The lowest BCUT2D eigenvalue weighted by molar-refractivity contribution is 0.250. The van der Waals surface area contributed by atoms with Gasteiger partial charge in [-0.2, -0.15) is 11.8 Å². The van der Waals surface area contributed by atoms with E-state index in [1.165, 1.54) is 108 Å². The van der Waals surface area contributed by atoms with E-state index < -0.39 is 0 Å². The Morgan fingerprint density at radius 1 is 0.625 bits per heavy atom. The smallest absolute Gasteiger partial charge is 0.0464 e. The third kappa shape index (κ3) is 20.4. The average molecular weight is 359 g/mol. The normalized spacial score (nSPS) is 12.6. The lowest BCUT2D eigenvalue weighted by Crippen LogP contribution is -2.03. The van der Waals surface area contributed by atoms with E-state index in [-0.39, 0.29) is 0 Å². The first-order valence-corrected chi connectivity index (χ1v) is 12.1. The summed E-state index contributed by atoms with van der Waals surface area (Å²) in [5.41, 5.74) is 0. The SMILES string of the molecule is CCCCCCCCCCCCCCCCCCSCC(C)CO. The summed E-state index contributed by atoms with van der Waals surface area (Å²) < 4.78 is 0. The molecule has 146 valence electrons. The van der Waals surface area contributed by atoms with Crippen molar-refractivity contribution in [1.29, 1.82) is 0 Å². The molecule has 0 aromatic rings. The van der Waals surface area contributed by atoms with E-state index >= 15 is 0 Å². The third-order valence-electron chi connectivity index (χ3n) is 4.86. The summed E-state index contributed by atoms with van der Waals surface area (Å²) in [5.74, 6) is 2.87. The van der Waals surface area contributed by atoms with Gasteiger partial charge in [0.15, 0.2) is 0 Å². The molecule has 24 heavy (non-hydrogen) atoms. The zero-order valence-corrected chi connectivity index (χ0v) is 17.7. The maximum atomic E-state index is 8.96. The van der Waals surface area contributed by atoms with Crippen LogP contribution >= 0.6 is 11.8 Å². The Bertz CT molecular complexity index is 220. The molecule has 0 radical (unpaired) electrons. The van der Waals surface area contributed by atoms with Gasteiger partial charge in [0, 0.05) is 6.61 Å². The first-order chi connectivity index (χ1) is 11.8.